The number of ether oxygens (including phenoxy) is 2. The van der Waals surface area contributed by atoms with E-state index in [2.05, 4.69) is 0 Å². The molecule has 2 heterocycles. The van der Waals surface area contributed by atoms with Gasteiger partial charge in [-0.1, -0.05) is 24.3 Å². The highest BCUT2D eigenvalue weighted by Crippen LogP contribution is 2.41. The lowest BCUT2D eigenvalue weighted by Gasteiger charge is -2.25. The second kappa shape index (κ2) is 9.01. The molecule has 1 aliphatic rings. The second-order valence-electron chi connectivity index (χ2n) is 7.24. The van der Waals surface area contributed by atoms with Crippen molar-refractivity contribution in [3.63, 3.8) is 0 Å². The van der Waals surface area contributed by atoms with E-state index in [0.717, 1.165) is 0 Å². The first-order valence-electron chi connectivity index (χ1n) is 10.2. The summed E-state index contributed by atoms with van der Waals surface area (Å²) in [4.78, 5) is 27.5. The Hall–Kier alpha value is -4.00. The third-order valence-electron chi connectivity index (χ3n) is 5.27. The highest BCUT2D eigenvalue weighted by Gasteiger charge is 2.46. The van der Waals surface area contributed by atoms with Crippen LogP contribution in [0.1, 0.15) is 29.9 Å². The van der Waals surface area contributed by atoms with Crippen molar-refractivity contribution in [2.24, 2.45) is 0 Å². The molecule has 0 aliphatic carbocycles. The summed E-state index contributed by atoms with van der Waals surface area (Å²) in [6, 6.07) is 16.5. The zero-order chi connectivity index (χ0) is 22.7. The number of nitrogens with zero attached hydrogens (tertiary/aromatic N) is 1. The van der Waals surface area contributed by atoms with Crippen LogP contribution in [0.5, 0.6) is 11.5 Å². The van der Waals surface area contributed by atoms with Gasteiger partial charge in [0.05, 0.1) is 38.1 Å². The van der Waals surface area contributed by atoms with E-state index in [1.54, 1.807) is 60.7 Å². The topological polar surface area (TPSA) is 89.2 Å². The Morgan fingerprint density at radius 3 is 2.56 bits per heavy atom. The first-order valence-corrected chi connectivity index (χ1v) is 10.2. The molecule has 1 saturated heterocycles. The lowest BCUT2D eigenvalue weighted by molar-refractivity contribution is -0.140. The van der Waals surface area contributed by atoms with Gasteiger partial charge in [-0.3, -0.25) is 9.59 Å². The number of aliphatic hydroxyl groups excluding tert-OH is 1. The number of furan rings is 1. The van der Waals surface area contributed by atoms with Crippen LogP contribution in [0.25, 0.3) is 5.76 Å². The fourth-order valence-corrected chi connectivity index (χ4v) is 3.83. The molecule has 4 rings (SSSR count). The van der Waals surface area contributed by atoms with E-state index >= 15 is 0 Å². The molecule has 0 saturated carbocycles. The first-order chi connectivity index (χ1) is 15.5. The quantitative estimate of drug-likeness (QED) is 0.339. The number of rotatable bonds is 7. The summed E-state index contributed by atoms with van der Waals surface area (Å²) in [7, 11) is 1.51. The van der Waals surface area contributed by atoms with Crippen molar-refractivity contribution in [3.8, 4) is 11.5 Å². The number of Topliss-reactive ketones (excluding diaryl/α,β-unsaturated/α-hetero) is 1. The maximum Gasteiger partial charge on any atom is 0.296 e. The van der Waals surface area contributed by atoms with Crippen molar-refractivity contribution in [1.29, 1.82) is 0 Å². The van der Waals surface area contributed by atoms with Crippen LogP contribution < -0.4 is 9.47 Å². The number of benzene rings is 2. The number of likely N-dealkylation sites (tertiary alicyclic amines) is 1. The Balaban J connectivity index is 1.87. The monoisotopic (exact) mass is 433 g/mol. The zero-order valence-electron chi connectivity index (χ0n) is 17.8. The van der Waals surface area contributed by atoms with Crippen LogP contribution in [0, 0.1) is 0 Å². The van der Waals surface area contributed by atoms with E-state index in [4.69, 9.17) is 13.9 Å². The lowest BCUT2D eigenvalue weighted by Crippen LogP contribution is -2.29. The molecule has 7 heteroatoms. The van der Waals surface area contributed by atoms with Gasteiger partial charge in [-0.2, -0.15) is 0 Å². The average Bonchev–Trinajstić information content (AvgIpc) is 3.41. The first kappa shape index (κ1) is 21.2. The van der Waals surface area contributed by atoms with Gasteiger partial charge in [0.1, 0.15) is 23.0 Å². The molecule has 164 valence electrons. The molecule has 1 aliphatic heterocycles. The van der Waals surface area contributed by atoms with Crippen LogP contribution >= 0.6 is 0 Å². The van der Waals surface area contributed by atoms with Crippen LogP contribution in [0.4, 0.5) is 0 Å². The van der Waals surface area contributed by atoms with Gasteiger partial charge in [0, 0.05) is 5.56 Å². The maximum absolute atomic E-state index is 13.1. The van der Waals surface area contributed by atoms with Crippen LogP contribution in [-0.4, -0.2) is 35.4 Å². The predicted molar refractivity (Wildman–Crippen MR) is 117 cm³/mol. The highest BCUT2D eigenvalue weighted by atomic mass is 16.5. The summed E-state index contributed by atoms with van der Waals surface area (Å²) in [5.74, 6) is -0.0830. The number of hydrogen-bond donors (Lipinski definition) is 1. The smallest absolute Gasteiger partial charge is 0.296 e. The molecule has 0 bridgehead atoms. The number of hydrogen-bond acceptors (Lipinski definition) is 6. The molecule has 0 radical (unpaired) electrons. The second-order valence-corrected chi connectivity index (χ2v) is 7.24. The molecule has 1 N–H and O–H groups in total. The molecule has 1 aromatic heterocycles. The minimum Gasteiger partial charge on any atom is -0.507 e. The van der Waals surface area contributed by atoms with Crippen LogP contribution in [0.2, 0.25) is 0 Å². The normalized spacial score (nSPS) is 17.6. The van der Waals surface area contributed by atoms with Crippen molar-refractivity contribution in [1.82, 2.24) is 4.90 Å². The molecule has 3 aromatic rings. The Kier molecular flexibility index (Phi) is 5.98. The van der Waals surface area contributed by atoms with E-state index in [-0.39, 0.29) is 17.9 Å². The number of methoxy groups -OCH3 is 1. The van der Waals surface area contributed by atoms with Gasteiger partial charge < -0.3 is 23.9 Å². The van der Waals surface area contributed by atoms with Gasteiger partial charge in [0.2, 0.25) is 0 Å². The summed E-state index contributed by atoms with van der Waals surface area (Å²) in [5, 5.41) is 11.1. The van der Waals surface area contributed by atoms with E-state index < -0.39 is 17.7 Å². The van der Waals surface area contributed by atoms with Gasteiger partial charge >= 0.3 is 0 Å². The van der Waals surface area contributed by atoms with E-state index in [9.17, 15) is 14.7 Å². The Morgan fingerprint density at radius 1 is 1.06 bits per heavy atom. The largest absolute Gasteiger partial charge is 0.507 e. The van der Waals surface area contributed by atoms with Gasteiger partial charge in [-0.05, 0) is 48.9 Å². The zero-order valence-corrected chi connectivity index (χ0v) is 17.8. The summed E-state index contributed by atoms with van der Waals surface area (Å²) in [6.07, 6.45) is 1.51. The van der Waals surface area contributed by atoms with Gasteiger partial charge in [0.15, 0.2) is 0 Å². The summed E-state index contributed by atoms with van der Waals surface area (Å²) in [5.41, 5.74) is 1.03. The average molecular weight is 433 g/mol. The molecule has 0 spiro atoms. The molecule has 1 unspecified atom stereocenters. The molecule has 1 fully saturated rings. The number of ketones is 1. The molecule has 1 atom stereocenters. The van der Waals surface area contributed by atoms with E-state index in [1.165, 1.54) is 18.3 Å². The van der Waals surface area contributed by atoms with Gasteiger partial charge in [0.25, 0.3) is 11.7 Å². The number of carbonyl (C=O) groups excluding carboxylic acids is 2. The predicted octanol–water partition coefficient (Wildman–Crippen LogP) is 4.31. The van der Waals surface area contributed by atoms with Crippen LogP contribution in [-0.2, 0) is 16.1 Å². The highest BCUT2D eigenvalue weighted by molar-refractivity contribution is 6.46. The van der Waals surface area contributed by atoms with E-state index in [0.29, 0.717) is 35.0 Å². The third-order valence-corrected chi connectivity index (χ3v) is 5.27. The molecule has 1 amide bonds. The van der Waals surface area contributed by atoms with E-state index in [1.807, 2.05) is 6.92 Å². The minimum atomic E-state index is -0.813. The third kappa shape index (κ3) is 3.97. The Labute approximate surface area is 185 Å². The van der Waals surface area contributed by atoms with Crippen molar-refractivity contribution < 1.29 is 28.6 Å². The lowest BCUT2D eigenvalue weighted by atomic mass is 9.95. The van der Waals surface area contributed by atoms with Crippen LogP contribution in [0.3, 0.4) is 0 Å². The number of aliphatic hydroxyl groups is 1. The Morgan fingerprint density at radius 2 is 1.84 bits per heavy atom. The number of amides is 1. The SMILES string of the molecule is CCOc1cccc(C2/C(=C(/O)c3cccc(OC)c3)C(=O)C(=O)N2Cc2ccco2)c1. The summed E-state index contributed by atoms with van der Waals surface area (Å²) >= 11 is 0. The molecule has 32 heavy (non-hydrogen) atoms. The van der Waals surface area contributed by atoms with Gasteiger partial charge in [-0.15, -0.1) is 0 Å². The molecular formula is C25H23NO6. The van der Waals surface area contributed by atoms with Crippen molar-refractivity contribution in [2.75, 3.05) is 13.7 Å². The van der Waals surface area contributed by atoms with Crippen molar-refractivity contribution >= 4 is 17.4 Å². The number of carbonyl (C=O) groups is 2. The summed E-state index contributed by atoms with van der Waals surface area (Å²) in [6.45, 7) is 2.42. The standard InChI is InChI=1S/C25H23NO6/c1-3-31-19-10-4-7-16(13-19)22-21(23(27)17-8-5-9-18(14-17)30-2)24(28)25(29)26(22)15-20-11-6-12-32-20/h4-14,22,27H,3,15H2,1-2H3/b23-21-. The summed E-state index contributed by atoms with van der Waals surface area (Å²) < 4.78 is 16.3. The fraction of sp³-hybridized carbons (Fsp3) is 0.200. The molecular weight excluding hydrogens is 410 g/mol. The van der Waals surface area contributed by atoms with Crippen molar-refractivity contribution in [3.05, 3.63) is 89.4 Å². The minimum absolute atomic E-state index is 0.00320. The molecule has 2 aromatic carbocycles. The molecule has 7 nitrogen and oxygen atoms in total. The Bertz CT molecular complexity index is 1160. The van der Waals surface area contributed by atoms with Gasteiger partial charge in [-0.25, -0.2) is 0 Å². The van der Waals surface area contributed by atoms with Crippen molar-refractivity contribution in [2.45, 2.75) is 19.5 Å². The maximum atomic E-state index is 13.1. The fourth-order valence-electron chi connectivity index (χ4n) is 3.83. The van der Waals surface area contributed by atoms with Crippen LogP contribution in [0.15, 0.2) is 76.9 Å².